The van der Waals surface area contributed by atoms with Gasteiger partial charge in [-0.25, -0.2) is 0 Å². The summed E-state index contributed by atoms with van der Waals surface area (Å²) in [5.41, 5.74) is -0.589. The van der Waals surface area contributed by atoms with Crippen LogP contribution in [0.25, 0.3) is 0 Å². The molecule has 6 heteroatoms. The summed E-state index contributed by atoms with van der Waals surface area (Å²) in [4.78, 5) is 39.1. The molecule has 2 atom stereocenters. The Morgan fingerprint density at radius 1 is 0.893 bits per heavy atom. The maximum atomic E-state index is 13.2. The van der Waals surface area contributed by atoms with Crippen molar-refractivity contribution in [2.24, 2.45) is 11.3 Å². The van der Waals surface area contributed by atoms with E-state index in [2.05, 4.69) is 0 Å². The Bertz CT molecular complexity index is 858. The number of carbonyl (C=O) groups is 3. The second kappa shape index (κ2) is 8.15. The molecule has 5 nitrogen and oxygen atoms in total. The summed E-state index contributed by atoms with van der Waals surface area (Å²) in [6.07, 6.45) is 0. The minimum Gasteiger partial charge on any atom is -0.465 e. The fourth-order valence-electron chi connectivity index (χ4n) is 3.75. The van der Waals surface area contributed by atoms with Crippen molar-refractivity contribution in [3.05, 3.63) is 70.7 Å². The van der Waals surface area contributed by atoms with E-state index in [1.165, 1.54) is 0 Å². The molecule has 1 aliphatic carbocycles. The molecule has 0 radical (unpaired) electrons. The third-order valence-electron chi connectivity index (χ3n) is 5.00. The molecule has 0 saturated heterocycles. The number of Topliss-reactive ketones (excluding diaryl/α,β-unsaturated/α-hetero) is 1. The number of carbonyl (C=O) groups excluding carboxylic acids is 3. The lowest BCUT2D eigenvalue weighted by Crippen LogP contribution is -2.34. The van der Waals surface area contributed by atoms with Crippen molar-refractivity contribution in [1.29, 1.82) is 0 Å². The monoisotopic (exact) mass is 400 g/mol. The average molecular weight is 401 g/mol. The topological polar surface area (TPSA) is 69.7 Å². The van der Waals surface area contributed by atoms with Gasteiger partial charge in [0.2, 0.25) is 0 Å². The minimum absolute atomic E-state index is 0.0968. The van der Waals surface area contributed by atoms with Crippen LogP contribution in [0.5, 0.6) is 0 Å². The molecule has 1 aliphatic rings. The molecular weight excluding hydrogens is 380 g/mol. The first kappa shape index (κ1) is 20.1. The molecule has 0 aromatic heterocycles. The van der Waals surface area contributed by atoms with Crippen molar-refractivity contribution in [3.8, 4) is 0 Å². The molecule has 28 heavy (non-hydrogen) atoms. The average Bonchev–Trinajstić information content (AvgIpc) is 3.40. The Hall–Kier alpha value is -2.66. The van der Waals surface area contributed by atoms with Crippen LogP contribution in [0, 0.1) is 11.3 Å². The third-order valence-corrected chi connectivity index (χ3v) is 5.25. The van der Waals surface area contributed by atoms with Crippen molar-refractivity contribution in [1.82, 2.24) is 0 Å². The maximum Gasteiger partial charge on any atom is 0.324 e. The molecule has 0 bridgehead atoms. The molecule has 0 spiro atoms. The molecule has 0 aliphatic heterocycles. The number of rotatable bonds is 7. The number of esters is 2. The fraction of sp³-hybridized carbons (Fsp3) is 0.318. The third kappa shape index (κ3) is 3.31. The van der Waals surface area contributed by atoms with Gasteiger partial charge in [0.1, 0.15) is 0 Å². The molecule has 0 N–H and O–H groups in total. The zero-order valence-electron chi connectivity index (χ0n) is 15.7. The van der Waals surface area contributed by atoms with E-state index in [4.69, 9.17) is 21.1 Å². The van der Waals surface area contributed by atoms with E-state index in [1.807, 2.05) is 0 Å². The Labute approximate surface area is 168 Å². The summed E-state index contributed by atoms with van der Waals surface area (Å²) in [5, 5.41) is 0.521. The van der Waals surface area contributed by atoms with Crippen molar-refractivity contribution in [3.63, 3.8) is 0 Å². The largest absolute Gasteiger partial charge is 0.465 e. The van der Waals surface area contributed by atoms with Gasteiger partial charge in [0.15, 0.2) is 11.2 Å². The van der Waals surface area contributed by atoms with Gasteiger partial charge in [-0.15, -0.1) is 0 Å². The fourth-order valence-corrected chi connectivity index (χ4v) is 3.87. The number of ether oxygens (including phenoxy) is 2. The van der Waals surface area contributed by atoms with E-state index in [-0.39, 0.29) is 19.0 Å². The number of benzene rings is 2. The molecule has 2 aromatic rings. The quantitative estimate of drug-likeness (QED) is 0.398. The van der Waals surface area contributed by atoms with Gasteiger partial charge in [0.05, 0.1) is 19.1 Å². The van der Waals surface area contributed by atoms with E-state index in [0.717, 1.165) is 0 Å². The second-order valence-corrected chi connectivity index (χ2v) is 6.98. The van der Waals surface area contributed by atoms with Gasteiger partial charge in [-0.1, -0.05) is 54.1 Å². The predicted octanol–water partition coefficient (Wildman–Crippen LogP) is 4.05. The van der Waals surface area contributed by atoms with Crippen LogP contribution in [0.15, 0.2) is 54.6 Å². The molecule has 146 valence electrons. The molecule has 0 unspecified atom stereocenters. The summed E-state index contributed by atoms with van der Waals surface area (Å²) < 4.78 is 10.4. The van der Waals surface area contributed by atoms with Gasteiger partial charge in [0, 0.05) is 16.5 Å². The van der Waals surface area contributed by atoms with Crippen molar-refractivity contribution >= 4 is 29.3 Å². The van der Waals surface area contributed by atoms with E-state index in [0.29, 0.717) is 16.1 Å². The molecule has 3 rings (SSSR count). The van der Waals surface area contributed by atoms with Crippen LogP contribution in [0.4, 0.5) is 0 Å². The Morgan fingerprint density at radius 3 is 1.93 bits per heavy atom. The Balaban J connectivity index is 2.11. The predicted molar refractivity (Wildman–Crippen MR) is 104 cm³/mol. The van der Waals surface area contributed by atoms with E-state index in [9.17, 15) is 14.4 Å². The van der Waals surface area contributed by atoms with Crippen LogP contribution in [-0.2, 0) is 19.1 Å². The zero-order valence-corrected chi connectivity index (χ0v) is 16.4. The molecule has 1 fully saturated rings. The van der Waals surface area contributed by atoms with Crippen molar-refractivity contribution in [2.45, 2.75) is 19.8 Å². The van der Waals surface area contributed by atoms with Gasteiger partial charge in [-0.2, -0.15) is 0 Å². The Kier molecular flexibility index (Phi) is 5.84. The summed E-state index contributed by atoms with van der Waals surface area (Å²) in [7, 11) is 0. The van der Waals surface area contributed by atoms with Gasteiger partial charge < -0.3 is 9.47 Å². The Morgan fingerprint density at radius 2 is 1.43 bits per heavy atom. The summed E-state index contributed by atoms with van der Waals surface area (Å²) in [5.74, 6) is -3.32. The lowest BCUT2D eigenvalue weighted by Gasteiger charge is -2.15. The minimum atomic E-state index is -1.69. The van der Waals surface area contributed by atoms with E-state index < -0.39 is 29.2 Å². The first-order valence-corrected chi connectivity index (χ1v) is 9.55. The van der Waals surface area contributed by atoms with Gasteiger partial charge in [-0.05, 0) is 31.5 Å². The van der Waals surface area contributed by atoms with Gasteiger partial charge >= 0.3 is 11.9 Å². The van der Waals surface area contributed by atoms with Crippen LogP contribution in [0.2, 0.25) is 5.02 Å². The molecule has 0 amide bonds. The van der Waals surface area contributed by atoms with Crippen molar-refractivity contribution in [2.75, 3.05) is 13.2 Å². The standard InChI is InChI=1S/C22H21ClO5/c1-3-27-20(25)22(21(26)28-4-2)17(14-10-12-16(23)13-11-14)18(22)19(24)15-8-6-5-7-9-15/h5-13,17-18H,3-4H2,1-2H3/t17-,18+/m1/s1. The summed E-state index contributed by atoms with van der Waals surface area (Å²) in [6, 6.07) is 15.4. The smallest absolute Gasteiger partial charge is 0.324 e. The highest BCUT2D eigenvalue weighted by atomic mass is 35.5. The van der Waals surface area contributed by atoms with E-state index in [1.54, 1.807) is 68.4 Å². The van der Waals surface area contributed by atoms with Crippen LogP contribution >= 0.6 is 11.6 Å². The number of ketones is 1. The maximum absolute atomic E-state index is 13.2. The molecule has 0 heterocycles. The highest BCUT2D eigenvalue weighted by molar-refractivity contribution is 6.30. The van der Waals surface area contributed by atoms with Crippen LogP contribution in [0.1, 0.15) is 35.7 Å². The van der Waals surface area contributed by atoms with Crippen LogP contribution in [0.3, 0.4) is 0 Å². The van der Waals surface area contributed by atoms with Crippen molar-refractivity contribution < 1.29 is 23.9 Å². The number of hydrogen-bond acceptors (Lipinski definition) is 5. The zero-order chi connectivity index (χ0) is 20.3. The SMILES string of the molecule is CCOC(=O)C1(C(=O)OCC)[C@H](C(=O)c2ccccc2)[C@H]1c1ccc(Cl)cc1. The molecule has 2 aromatic carbocycles. The van der Waals surface area contributed by atoms with Gasteiger partial charge in [-0.3, -0.25) is 14.4 Å². The van der Waals surface area contributed by atoms with E-state index >= 15 is 0 Å². The number of hydrogen-bond donors (Lipinski definition) is 0. The molecule has 1 saturated carbocycles. The van der Waals surface area contributed by atoms with Crippen LogP contribution < -0.4 is 0 Å². The lowest BCUT2D eigenvalue weighted by molar-refractivity contribution is -0.165. The van der Waals surface area contributed by atoms with Gasteiger partial charge in [0.25, 0.3) is 0 Å². The lowest BCUT2D eigenvalue weighted by atomic mass is 9.97. The summed E-state index contributed by atoms with van der Waals surface area (Å²) >= 11 is 5.98. The van der Waals surface area contributed by atoms with Crippen LogP contribution in [-0.4, -0.2) is 30.9 Å². The first-order chi connectivity index (χ1) is 13.5. The first-order valence-electron chi connectivity index (χ1n) is 9.17. The highest BCUT2D eigenvalue weighted by Crippen LogP contribution is 2.67. The normalized spacial score (nSPS) is 19.5. The highest BCUT2D eigenvalue weighted by Gasteiger charge is 2.79. The molecular formula is C22H21ClO5. The number of halogens is 1. The summed E-state index contributed by atoms with van der Waals surface area (Å²) in [6.45, 7) is 3.51. The second-order valence-electron chi connectivity index (χ2n) is 6.55.